The van der Waals surface area contributed by atoms with Crippen LogP contribution in [0.25, 0.3) is 0 Å². The van der Waals surface area contributed by atoms with Crippen molar-refractivity contribution >= 4 is 0 Å². The number of hydrogen-bond acceptors (Lipinski definition) is 4. The van der Waals surface area contributed by atoms with Crippen molar-refractivity contribution in [3.63, 3.8) is 0 Å². The molecule has 1 fully saturated rings. The summed E-state index contributed by atoms with van der Waals surface area (Å²) in [5.41, 5.74) is 5.25. The van der Waals surface area contributed by atoms with Crippen LogP contribution >= 0.6 is 0 Å². The van der Waals surface area contributed by atoms with Crippen molar-refractivity contribution in [3.8, 4) is 0 Å². The molecule has 1 heterocycles. The molecule has 0 aliphatic carbocycles. The van der Waals surface area contributed by atoms with Crippen molar-refractivity contribution in [1.29, 1.82) is 0 Å². The van der Waals surface area contributed by atoms with Gasteiger partial charge in [0.05, 0.1) is 12.2 Å². The molecule has 0 spiro atoms. The Morgan fingerprint density at radius 3 is 2.20 bits per heavy atom. The van der Waals surface area contributed by atoms with Crippen LogP contribution in [0, 0.1) is 0 Å². The zero-order valence-electron chi connectivity index (χ0n) is 5.90. The fraction of sp³-hybridized carbons (Fsp3) is 1.00. The topological polar surface area (TPSA) is 75.7 Å². The van der Waals surface area contributed by atoms with Crippen molar-refractivity contribution in [2.75, 3.05) is 6.54 Å². The molecular weight excluding hydrogens is 134 g/mol. The predicted molar refractivity (Wildman–Crippen MR) is 35.4 cm³/mol. The Balaban J connectivity index is 2.53. The standard InChI is InChI=1S/C6H13NO3/c1-3-5(8)6(9)4(2-7)10-3/h3-6,8-9H,2,7H2,1H3/t3-,4+,5-,6+/m1/s1. The average molecular weight is 147 g/mol. The highest BCUT2D eigenvalue weighted by molar-refractivity contribution is 4.88. The summed E-state index contributed by atoms with van der Waals surface area (Å²) < 4.78 is 5.11. The maximum absolute atomic E-state index is 9.17. The number of rotatable bonds is 1. The lowest BCUT2D eigenvalue weighted by atomic mass is 10.1. The summed E-state index contributed by atoms with van der Waals surface area (Å²) in [6.07, 6.45) is -2.30. The van der Waals surface area contributed by atoms with E-state index >= 15 is 0 Å². The van der Waals surface area contributed by atoms with Crippen molar-refractivity contribution in [1.82, 2.24) is 0 Å². The number of hydrogen-bond donors (Lipinski definition) is 3. The van der Waals surface area contributed by atoms with Crippen LogP contribution in [0.3, 0.4) is 0 Å². The minimum absolute atomic E-state index is 0.253. The highest BCUT2D eigenvalue weighted by Crippen LogP contribution is 2.19. The summed E-state index contributed by atoms with van der Waals surface area (Å²) in [5.74, 6) is 0. The zero-order valence-corrected chi connectivity index (χ0v) is 5.90. The van der Waals surface area contributed by atoms with Gasteiger partial charge in [-0.05, 0) is 6.92 Å². The van der Waals surface area contributed by atoms with Crippen LogP contribution in [-0.4, -0.2) is 41.2 Å². The van der Waals surface area contributed by atoms with Gasteiger partial charge >= 0.3 is 0 Å². The lowest BCUT2D eigenvalue weighted by molar-refractivity contribution is 0.0223. The second-order valence-electron chi connectivity index (χ2n) is 2.60. The van der Waals surface area contributed by atoms with Gasteiger partial charge in [-0.1, -0.05) is 0 Å². The van der Waals surface area contributed by atoms with E-state index in [0.717, 1.165) is 0 Å². The summed E-state index contributed by atoms with van der Waals surface area (Å²) in [7, 11) is 0. The van der Waals surface area contributed by atoms with E-state index in [1.165, 1.54) is 0 Å². The first-order chi connectivity index (χ1) is 4.66. The Labute approximate surface area is 59.6 Å². The van der Waals surface area contributed by atoms with Gasteiger partial charge in [0, 0.05) is 6.54 Å². The second-order valence-corrected chi connectivity index (χ2v) is 2.60. The molecule has 1 saturated heterocycles. The Morgan fingerprint density at radius 2 is 2.00 bits per heavy atom. The zero-order chi connectivity index (χ0) is 7.72. The number of ether oxygens (including phenoxy) is 1. The smallest absolute Gasteiger partial charge is 0.110 e. The molecular formula is C6H13NO3. The van der Waals surface area contributed by atoms with Gasteiger partial charge in [0.2, 0.25) is 0 Å². The Morgan fingerprint density at radius 1 is 1.40 bits per heavy atom. The molecule has 0 bridgehead atoms. The van der Waals surface area contributed by atoms with E-state index in [4.69, 9.17) is 15.6 Å². The number of aliphatic hydroxyl groups excluding tert-OH is 2. The third-order valence-corrected chi connectivity index (χ3v) is 1.83. The van der Waals surface area contributed by atoms with Gasteiger partial charge in [-0.3, -0.25) is 0 Å². The maximum Gasteiger partial charge on any atom is 0.110 e. The Kier molecular flexibility index (Phi) is 2.25. The van der Waals surface area contributed by atoms with E-state index in [9.17, 15) is 5.11 Å². The molecule has 1 rings (SSSR count). The molecule has 1 aliphatic heterocycles. The van der Waals surface area contributed by atoms with Gasteiger partial charge in [-0.15, -0.1) is 0 Å². The van der Waals surface area contributed by atoms with Crippen LogP contribution in [-0.2, 0) is 4.74 Å². The summed E-state index contributed by atoms with van der Waals surface area (Å²) in [5, 5.41) is 18.3. The van der Waals surface area contributed by atoms with Gasteiger partial charge in [-0.25, -0.2) is 0 Å². The first kappa shape index (κ1) is 7.94. The van der Waals surface area contributed by atoms with Crippen LogP contribution in [0.1, 0.15) is 6.92 Å². The van der Waals surface area contributed by atoms with Gasteiger partial charge in [0.15, 0.2) is 0 Å². The van der Waals surface area contributed by atoms with Crippen LogP contribution < -0.4 is 5.73 Å². The summed E-state index contributed by atoms with van der Waals surface area (Å²) in [6, 6.07) is 0. The van der Waals surface area contributed by atoms with Gasteiger partial charge in [-0.2, -0.15) is 0 Å². The SMILES string of the molecule is C[C@H]1O[C@@H](CN)[C@H](O)[C@@H]1O. The third kappa shape index (κ3) is 1.15. The number of aliphatic hydroxyl groups is 2. The molecule has 4 nitrogen and oxygen atoms in total. The van der Waals surface area contributed by atoms with E-state index in [-0.39, 0.29) is 12.6 Å². The van der Waals surface area contributed by atoms with Crippen molar-refractivity contribution < 1.29 is 14.9 Å². The lowest BCUT2D eigenvalue weighted by Crippen LogP contribution is -2.35. The fourth-order valence-electron chi connectivity index (χ4n) is 1.13. The van der Waals surface area contributed by atoms with Gasteiger partial charge < -0.3 is 20.7 Å². The molecule has 60 valence electrons. The maximum atomic E-state index is 9.17. The predicted octanol–water partition coefficient (Wildman–Crippen LogP) is -1.55. The Bertz CT molecular complexity index is 120. The lowest BCUT2D eigenvalue weighted by Gasteiger charge is -2.10. The molecule has 0 aromatic rings. The number of nitrogens with two attached hydrogens (primary N) is 1. The van der Waals surface area contributed by atoms with Crippen LogP contribution in [0.2, 0.25) is 0 Å². The molecule has 0 radical (unpaired) electrons. The quantitative estimate of drug-likeness (QED) is 0.420. The van der Waals surface area contributed by atoms with Crippen molar-refractivity contribution in [2.24, 2.45) is 5.73 Å². The van der Waals surface area contributed by atoms with E-state index < -0.39 is 18.3 Å². The summed E-state index contributed by atoms with van der Waals surface area (Å²) in [6.45, 7) is 1.96. The molecule has 4 heteroatoms. The minimum Gasteiger partial charge on any atom is -0.388 e. The van der Waals surface area contributed by atoms with E-state index in [0.29, 0.717) is 0 Å². The molecule has 4 atom stereocenters. The Hall–Kier alpha value is -0.160. The molecule has 0 aromatic carbocycles. The second kappa shape index (κ2) is 2.84. The third-order valence-electron chi connectivity index (χ3n) is 1.83. The molecule has 0 aromatic heterocycles. The molecule has 0 saturated carbocycles. The molecule has 1 aliphatic rings. The van der Waals surface area contributed by atoms with Crippen molar-refractivity contribution in [2.45, 2.75) is 31.3 Å². The molecule has 4 N–H and O–H groups in total. The normalized spacial score (nSPS) is 48.0. The van der Waals surface area contributed by atoms with Crippen LogP contribution in [0.4, 0.5) is 0 Å². The van der Waals surface area contributed by atoms with E-state index in [2.05, 4.69) is 0 Å². The monoisotopic (exact) mass is 147 g/mol. The highest BCUT2D eigenvalue weighted by Gasteiger charge is 2.38. The van der Waals surface area contributed by atoms with Gasteiger partial charge in [0.1, 0.15) is 12.2 Å². The highest BCUT2D eigenvalue weighted by atomic mass is 16.5. The van der Waals surface area contributed by atoms with Crippen LogP contribution in [0.15, 0.2) is 0 Å². The van der Waals surface area contributed by atoms with Crippen LogP contribution in [0.5, 0.6) is 0 Å². The van der Waals surface area contributed by atoms with E-state index in [1.807, 2.05) is 0 Å². The fourth-order valence-corrected chi connectivity index (χ4v) is 1.13. The van der Waals surface area contributed by atoms with Gasteiger partial charge in [0.25, 0.3) is 0 Å². The first-order valence-electron chi connectivity index (χ1n) is 3.38. The summed E-state index contributed by atoms with van der Waals surface area (Å²) >= 11 is 0. The first-order valence-corrected chi connectivity index (χ1v) is 3.38. The van der Waals surface area contributed by atoms with E-state index in [1.54, 1.807) is 6.92 Å². The summed E-state index contributed by atoms with van der Waals surface area (Å²) in [4.78, 5) is 0. The average Bonchev–Trinajstić information content (AvgIpc) is 2.17. The largest absolute Gasteiger partial charge is 0.388 e. The molecule has 10 heavy (non-hydrogen) atoms. The minimum atomic E-state index is -0.819. The molecule has 0 amide bonds. The van der Waals surface area contributed by atoms with Crippen molar-refractivity contribution in [3.05, 3.63) is 0 Å². The molecule has 0 unspecified atom stereocenters.